The number of hydrogen-bond acceptors (Lipinski definition) is 7. The van der Waals surface area contributed by atoms with Crippen molar-refractivity contribution in [3.63, 3.8) is 0 Å². The van der Waals surface area contributed by atoms with Crippen molar-refractivity contribution in [2.45, 2.75) is 13.0 Å². The molecular weight excluding hydrogens is 510 g/mol. The second kappa shape index (κ2) is 12.3. The van der Waals surface area contributed by atoms with Gasteiger partial charge < -0.3 is 24.8 Å². The van der Waals surface area contributed by atoms with Gasteiger partial charge in [-0.3, -0.25) is 4.98 Å². The van der Waals surface area contributed by atoms with Crippen LogP contribution >= 0.6 is 0 Å². The molecule has 0 unspecified atom stereocenters. The molecule has 0 aliphatic rings. The van der Waals surface area contributed by atoms with E-state index in [2.05, 4.69) is 30.7 Å². The van der Waals surface area contributed by atoms with Crippen LogP contribution in [0.2, 0.25) is 0 Å². The van der Waals surface area contributed by atoms with Crippen LogP contribution in [0.4, 0.5) is 21.9 Å². The minimum Gasteiger partial charge on any atom is -0.504 e. The summed E-state index contributed by atoms with van der Waals surface area (Å²) >= 11 is 0. The molecule has 2 amide bonds. The Morgan fingerprint density at radius 3 is 2.23 bits per heavy atom. The van der Waals surface area contributed by atoms with Gasteiger partial charge in [0.1, 0.15) is 23.0 Å². The molecule has 0 atom stereocenters. The lowest BCUT2D eigenvalue weighted by Crippen LogP contribution is -2.19. The molecule has 5 aromatic rings. The summed E-state index contributed by atoms with van der Waals surface area (Å²) in [6, 6.07) is 18.8. The summed E-state index contributed by atoms with van der Waals surface area (Å²) in [6.45, 7) is 8.65. The third-order valence-corrected chi connectivity index (χ3v) is 5.82. The van der Waals surface area contributed by atoms with Gasteiger partial charge in [-0.05, 0) is 66.7 Å². The predicted octanol–water partition coefficient (Wildman–Crippen LogP) is 6.29. The molecule has 0 bridgehead atoms. The van der Waals surface area contributed by atoms with Crippen molar-refractivity contribution in [1.82, 2.24) is 20.0 Å². The first-order valence-electron chi connectivity index (χ1n) is 12.4. The maximum atomic E-state index is 12.4. The number of amides is 2. The Morgan fingerprint density at radius 2 is 1.57 bits per heavy atom. The molecular formula is C29H25N7O4. The number of fused-ring (bicyclic) bond motifs is 1. The Hall–Kier alpha value is -5.63. The average molecular weight is 536 g/mol. The molecule has 11 heteroatoms. The number of ether oxygens (including phenoxy) is 3. The topological polar surface area (TPSA) is 117 Å². The summed E-state index contributed by atoms with van der Waals surface area (Å²) in [5.41, 5.74) is 2.24. The van der Waals surface area contributed by atoms with E-state index in [9.17, 15) is 4.79 Å². The maximum absolute atomic E-state index is 12.4. The lowest BCUT2D eigenvalue weighted by Gasteiger charge is -2.13. The summed E-state index contributed by atoms with van der Waals surface area (Å²) in [4.78, 5) is 22.0. The van der Waals surface area contributed by atoms with Crippen LogP contribution in [-0.4, -0.2) is 39.7 Å². The Balaban J connectivity index is 1.22. The Morgan fingerprint density at radius 1 is 0.900 bits per heavy atom. The average Bonchev–Trinajstić information content (AvgIpc) is 3.50. The fourth-order valence-corrected chi connectivity index (χ4v) is 3.88. The van der Waals surface area contributed by atoms with Gasteiger partial charge in [-0.15, -0.1) is 0 Å². The van der Waals surface area contributed by atoms with Gasteiger partial charge in [0.2, 0.25) is 5.69 Å². The smallest absolute Gasteiger partial charge is 0.323 e. The highest BCUT2D eigenvalue weighted by atomic mass is 16.5. The largest absolute Gasteiger partial charge is 0.504 e. The molecule has 0 spiro atoms. The summed E-state index contributed by atoms with van der Waals surface area (Å²) in [6.07, 6.45) is 5.58. The van der Waals surface area contributed by atoms with E-state index in [4.69, 9.17) is 20.8 Å². The van der Waals surface area contributed by atoms with E-state index in [1.54, 1.807) is 97.2 Å². The van der Waals surface area contributed by atoms with Crippen LogP contribution in [-0.2, 0) is 6.54 Å². The Kier molecular flexibility index (Phi) is 7.98. The van der Waals surface area contributed by atoms with E-state index in [0.717, 1.165) is 0 Å². The van der Waals surface area contributed by atoms with Gasteiger partial charge in [0.25, 0.3) is 0 Å². The highest BCUT2D eigenvalue weighted by Crippen LogP contribution is 2.37. The number of aromatic nitrogens is 4. The van der Waals surface area contributed by atoms with Crippen molar-refractivity contribution < 1.29 is 19.0 Å². The van der Waals surface area contributed by atoms with Gasteiger partial charge in [-0.1, -0.05) is 0 Å². The number of carbonyl (C=O) groups excluding carboxylic acids is 1. The summed E-state index contributed by atoms with van der Waals surface area (Å²) in [7, 11) is 1.58. The third-order valence-electron chi connectivity index (χ3n) is 5.82. The van der Waals surface area contributed by atoms with E-state index in [1.807, 2.05) is 0 Å². The van der Waals surface area contributed by atoms with Gasteiger partial charge in [0.15, 0.2) is 0 Å². The third kappa shape index (κ3) is 6.43. The van der Waals surface area contributed by atoms with E-state index in [0.29, 0.717) is 70.5 Å². The normalized spacial score (nSPS) is 10.5. The van der Waals surface area contributed by atoms with Gasteiger partial charge in [0.05, 0.1) is 44.7 Å². The fourth-order valence-electron chi connectivity index (χ4n) is 3.88. The first-order chi connectivity index (χ1) is 19.6. The molecule has 0 aliphatic carbocycles. The predicted molar refractivity (Wildman–Crippen MR) is 150 cm³/mol. The minimum atomic E-state index is -0.373. The first-order valence-corrected chi connectivity index (χ1v) is 12.4. The number of methoxy groups -OCH3 is 1. The van der Waals surface area contributed by atoms with E-state index in [1.165, 1.54) is 0 Å². The lowest BCUT2D eigenvalue weighted by molar-refractivity contribution is 0.262. The molecule has 3 aromatic carbocycles. The molecule has 0 radical (unpaired) electrons. The van der Waals surface area contributed by atoms with Crippen molar-refractivity contribution in [1.29, 1.82) is 0 Å². The van der Waals surface area contributed by atoms with E-state index < -0.39 is 0 Å². The lowest BCUT2D eigenvalue weighted by atomic mass is 10.1. The van der Waals surface area contributed by atoms with Gasteiger partial charge in [-0.25, -0.2) is 9.64 Å². The van der Waals surface area contributed by atoms with Crippen LogP contribution in [0.1, 0.15) is 6.42 Å². The molecule has 0 aliphatic heterocycles. The molecule has 11 nitrogen and oxygen atoms in total. The van der Waals surface area contributed by atoms with Crippen molar-refractivity contribution in [3.8, 4) is 23.0 Å². The van der Waals surface area contributed by atoms with Gasteiger partial charge >= 0.3 is 6.03 Å². The molecule has 0 saturated heterocycles. The van der Waals surface area contributed by atoms with Gasteiger partial charge in [-0.2, -0.15) is 15.0 Å². The molecule has 200 valence electrons. The first kappa shape index (κ1) is 26.0. The monoisotopic (exact) mass is 535 g/mol. The number of pyridine rings is 1. The number of anilines is 2. The molecule has 2 aromatic heterocycles. The highest BCUT2D eigenvalue weighted by molar-refractivity contribution is 5.99. The highest BCUT2D eigenvalue weighted by Gasteiger charge is 2.12. The second-order valence-electron chi connectivity index (χ2n) is 8.52. The standard InChI is InChI=1S/C29H25N7O4/c1-30-26-18-24-25(19-28(26)39-17-3-16-36-32-14-15-33-36)31-13-12-27(24)40-23-10-6-21(7-11-23)35-29(37)34-20-4-8-22(38-2)9-5-20/h4-15,18-19H,3,16-17H2,2H3,(H2,34,35,37). The second-order valence-corrected chi connectivity index (χ2v) is 8.52. The SMILES string of the molecule is [C-]#[N+]c1cc2c(Oc3ccc(NC(=O)Nc4ccc(OC)cc4)cc3)ccnc2cc1OCCCn1nccn1. The van der Waals surface area contributed by atoms with Crippen molar-refractivity contribution in [2.24, 2.45) is 0 Å². The molecule has 0 saturated carbocycles. The summed E-state index contributed by atoms with van der Waals surface area (Å²) in [5, 5.41) is 14.4. The number of nitrogens with zero attached hydrogens (tertiary/aromatic N) is 5. The Labute approximate surface area is 230 Å². The number of carbonyl (C=O) groups is 1. The van der Waals surface area contributed by atoms with Crippen LogP contribution in [0.15, 0.2) is 85.3 Å². The van der Waals surface area contributed by atoms with Crippen LogP contribution in [0, 0.1) is 6.57 Å². The number of rotatable bonds is 10. The summed E-state index contributed by atoms with van der Waals surface area (Å²) < 4.78 is 17.1. The van der Waals surface area contributed by atoms with Crippen molar-refractivity contribution >= 4 is 34.0 Å². The molecule has 40 heavy (non-hydrogen) atoms. The quantitative estimate of drug-likeness (QED) is 0.159. The van der Waals surface area contributed by atoms with Crippen LogP contribution in [0.3, 0.4) is 0 Å². The number of hydrogen-bond donors (Lipinski definition) is 2. The van der Waals surface area contributed by atoms with E-state index >= 15 is 0 Å². The van der Waals surface area contributed by atoms with Crippen LogP contribution in [0.5, 0.6) is 23.0 Å². The molecule has 2 N–H and O–H groups in total. The maximum Gasteiger partial charge on any atom is 0.323 e. The van der Waals surface area contributed by atoms with Crippen LogP contribution < -0.4 is 24.8 Å². The van der Waals surface area contributed by atoms with Crippen molar-refractivity contribution in [2.75, 3.05) is 24.4 Å². The minimum absolute atomic E-state index is 0.366. The number of urea groups is 1. The molecule has 0 fully saturated rings. The van der Waals surface area contributed by atoms with Crippen LogP contribution in [0.25, 0.3) is 15.7 Å². The fraction of sp³-hybridized carbons (Fsp3) is 0.138. The van der Waals surface area contributed by atoms with Crippen molar-refractivity contribution in [3.05, 3.63) is 96.7 Å². The van der Waals surface area contributed by atoms with E-state index in [-0.39, 0.29) is 6.03 Å². The Bertz CT molecular complexity index is 1630. The zero-order chi connectivity index (χ0) is 27.7. The number of aryl methyl sites for hydroxylation is 1. The molecule has 2 heterocycles. The number of nitrogens with one attached hydrogen (secondary N) is 2. The van der Waals surface area contributed by atoms with Gasteiger partial charge in [0, 0.05) is 29.4 Å². The zero-order valence-electron chi connectivity index (χ0n) is 21.6. The summed E-state index contributed by atoms with van der Waals surface area (Å²) in [5.74, 6) is 2.27. The molecule has 5 rings (SSSR count). The zero-order valence-corrected chi connectivity index (χ0v) is 21.6. The number of benzene rings is 3.